The number of nitrogens with one attached hydrogen (secondary N) is 1. The Hall–Kier alpha value is -6.12. The summed E-state index contributed by atoms with van der Waals surface area (Å²) in [5.41, 5.74) is 4.43. The van der Waals surface area contributed by atoms with Crippen LogP contribution in [0.3, 0.4) is 0 Å². The summed E-state index contributed by atoms with van der Waals surface area (Å²) in [6.07, 6.45) is 3.72. The van der Waals surface area contributed by atoms with Gasteiger partial charge in [0.05, 0.1) is 58.4 Å². The molecule has 0 bridgehead atoms. The number of benzene rings is 5. The third-order valence-electron chi connectivity index (χ3n) is 15.2. The number of amides is 2. The number of anilines is 3. The van der Waals surface area contributed by atoms with E-state index in [1.165, 1.54) is 5.19 Å². The molecule has 10 rings (SSSR count). The lowest BCUT2D eigenvalue weighted by Gasteiger charge is -2.39. The Kier molecular flexibility index (Phi) is 11.7. The van der Waals surface area contributed by atoms with Gasteiger partial charge in [0.2, 0.25) is 0 Å². The number of hydrogen-bond acceptors (Lipinski definition) is 9. The normalized spacial score (nSPS) is 23.0. The molecule has 2 N–H and O–H groups in total. The number of piperidine rings is 1. The summed E-state index contributed by atoms with van der Waals surface area (Å²) in [7, 11) is -0.717. The molecule has 3 fully saturated rings. The van der Waals surface area contributed by atoms with Crippen molar-refractivity contribution in [1.82, 2.24) is 20.3 Å². The maximum atomic E-state index is 15.6. The van der Waals surface area contributed by atoms with Gasteiger partial charge in [-0.3, -0.25) is 19.2 Å². The van der Waals surface area contributed by atoms with E-state index in [-0.39, 0.29) is 41.9 Å². The number of aryl methyl sites for hydroxylation is 1. The van der Waals surface area contributed by atoms with Gasteiger partial charge in [-0.2, -0.15) is 0 Å². The number of hydrogen-bond donors (Lipinski definition) is 2. The first-order valence-corrected chi connectivity index (χ1v) is 26.4. The Morgan fingerprint density at radius 2 is 1.56 bits per heavy atom. The third kappa shape index (κ3) is 7.32. The van der Waals surface area contributed by atoms with Crippen molar-refractivity contribution in [3.63, 3.8) is 0 Å². The maximum Gasteiger partial charge on any atom is 0.264 e. The maximum absolute atomic E-state index is 15.6. The van der Waals surface area contributed by atoms with E-state index >= 15 is 4.79 Å². The number of aliphatic hydroxyl groups excluding tert-OH is 1. The SMILES string of the molecule is COc1ccc([Si](C)(C)[C@H]2[C@H](CCn3cc(C(CO)c4ccccc4)nn3)O[C@@]3(C(=O)N(Cc4cccc(N5CN(c6ccccc6)C6(CCNCC6)C5=O)c4)c4ccccc43)[C@@H]2C)cc1. The smallest absolute Gasteiger partial charge is 0.264 e. The van der Waals surface area contributed by atoms with E-state index in [0.29, 0.717) is 31.9 Å². The average molecular weight is 902 g/mol. The van der Waals surface area contributed by atoms with Gasteiger partial charge in [0.1, 0.15) is 11.3 Å². The van der Waals surface area contributed by atoms with E-state index in [1.807, 2.05) is 112 Å². The van der Waals surface area contributed by atoms with E-state index in [4.69, 9.17) is 9.47 Å². The fourth-order valence-electron chi connectivity index (χ4n) is 11.8. The summed E-state index contributed by atoms with van der Waals surface area (Å²) in [4.78, 5) is 36.4. The highest BCUT2D eigenvalue weighted by atomic mass is 28.3. The Bertz CT molecular complexity index is 2690. The second-order valence-electron chi connectivity index (χ2n) is 19.0. The highest BCUT2D eigenvalue weighted by molar-refractivity contribution is 6.91. The minimum atomic E-state index is -2.40. The first-order chi connectivity index (χ1) is 32.1. The molecule has 340 valence electrons. The monoisotopic (exact) mass is 901 g/mol. The van der Waals surface area contributed by atoms with Gasteiger partial charge in [-0.15, -0.1) is 5.10 Å². The average Bonchev–Trinajstić information content (AvgIpc) is 4.08. The number of ether oxygens (including phenoxy) is 2. The van der Waals surface area contributed by atoms with Crippen LogP contribution in [0.5, 0.6) is 5.75 Å². The highest BCUT2D eigenvalue weighted by Gasteiger charge is 2.66. The minimum Gasteiger partial charge on any atom is -0.497 e. The quantitative estimate of drug-likeness (QED) is 0.116. The lowest BCUT2D eigenvalue weighted by molar-refractivity contribution is -0.146. The predicted molar refractivity (Wildman–Crippen MR) is 260 cm³/mol. The Morgan fingerprint density at radius 1 is 0.864 bits per heavy atom. The highest BCUT2D eigenvalue weighted by Crippen LogP contribution is 2.60. The minimum absolute atomic E-state index is 0.0414. The summed E-state index contributed by atoms with van der Waals surface area (Å²) >= 11 is 0. The first-order valence-electron chi connectivity index (χ1n) is 23.3. The van der Waals surface area contributed by atoms with Crippen LogP contribution in [-0.2, 0) is 33.0 Å². The predicted octanol–water partition coefficient (Wildman–Crippen LogP) is 7.20. The molecule has 12 nitrogen and oxygen atoms in total. The Labute approximate surface area is 388 Å². The molecule has 3 saturated heterocycles. The van der Waals surface area contributed by atoms with E-state index in [2.05, 4.69) is 83.0 Å². The number of aliphatic hydroxyl groups is 1. The van der Waals surface area contributed by atoms with Gasteiger partial charge in [-0.05, 0) is 91.5 Å². The number of aromatic nitrogens is 3. The molecule has 13 heteroatoms. The molecule has 2 spiro atoms. The fraction of sp³-hybridized carbons (Fsp3) is 0.358. The molecule has 4 aliphatic rings. The van der Waals surface area contributed by atoms with E-state index < -0.39 is 19.2 Å². The Morgan fingerprint density at radius 3 is 2.29 bits per heavy atom. The molecule has 0 aliphatic carbocycles. The number of carbonyl (C=O) groups is 2. The van der Waals surface area contributed by atoms with Gasteiger partial charge >= 0.3 is 0 Å². The molecule has 5 aromatic carbocycles. The molecule has 0 radical (unpaired) electrons. The lowest BCUT2D eigenvalue weighted by Crippen LogP contribution is -2.55. The summed E-state index contributed by atoms with van der Waals surface area (Å²) in [5, 5.41) is 24.2. The van der Waals surface area contributed by atoms with Crippen molar-refractivity contribution in [3.05, 3.63) is 162 Å². The van der Waals surface area contributed by atoms with Crippen molar-refractivity contribution in [1.29, 1.82) is 0 Å². The molecule has 2 amide bonds. The van der Waals surface area contributed by atoms with Gasteiger partial charge in [-0.1, -0.05) is 121 Å². The van der Waals surface area contributed by atoms with Crippen molar-refractivity contribution >= 4 is 42.1 Å². The summed E-state index contributed by atoms with van der Waals surface area (Å²) in [6, 6.07) is 44.8. The molecule has 1 unspecified atom stereocenters. The van der Waals surface area contributed by atoms with Crippen LogP contribution >= 0.6 is 0 Å². The van der Waals surface area contributed by atoms with Gasteiger partial charge in [0, 0.05) is 35.6 Å². The zero-order chi connectivity index (χ0) is 45.6. The number of para-hydroxylation sites is 2. The van der Waals surface area contributed by atoms with Gasteiger partial charge in [0.25, 0.3) is 11.8 Å². The number of fused-ring (bicyclic) bond motifs is 2. The van der Waals surface area contributed by atoms with Gasteiger partial charge < -0.3 is 29.7 Å². The van der Waals surface area contributed by atoms with E-state index in [1.54, 1.807) is 7.11 Å². The molecular formula is C53H59N7O5Si. The molecule has 5 atom stereocenters. The molecule has 1 aromatic heterocycles. The number of rotatable bonds is 13. The first kappa shape index (κ1) is 43.8. The molecule has 4 aliphatic heterocycles. The van der Waals surface area contributed by atoms with Crippen molar-refractivity contribution in [3.8, 4) is 5.75 Å². The summed E-state index contributed by atoms with van der Waals surface area (Å²) < 4.78 is 14.9. The van der Waals surface area contributed by atoms with Crippen LogP contribution in [0.25, 0.3) is 0 Å². The number of nitrogens with zero attached hydrogens (tertiary/aromatic N) is 6. The van der Waals surface area contributed by atoms with Crippen LogP contribution in [0.15, 0.2) is 140 Å². The Balaban J connectivity index is 0.961. The molecular weight excluding hydrogens is 843 g/mol. The van der Waals surface area contributed by atoms with Crippen LogP contribution in [0.1, 0.15) is 54.5 Å². The number of methoxy groups -OCH3 is 1. The van der Waals surface area contributed by atoms with Crippen molar-refractivity contribution in [2.45, 2.75) is 81.1 Å². The van der Waals surface area contributed by atoms with Crippen molar-refractivity contribution in [2.24, 2.45) is 5.92 Å². The third-order valence-corrected chi connectivity index (χ3v) is 19.5. The molecule has 66 heavy (non-hydrogen) atoms. The molecule has 0 saturated carbocycles. The van der Waals surface area contributed by atoms with Crippen LogP contribution in [0.4, 0.5) is 17.1 Å². The summed E-state index contributed by atoms with van der Waals surface area (Å²) in [5.74, 6) is 0.398. The lowest BCUT2D eigenvalue weighted by atomic mass is 9.82. The molecule has 6 aromatic rings. The van der Waals surface area contributed by atoms with E-state index in [9.17, 15) is 9.90 Å². The number of carbonyl (C=O) groups excluding carboxylic acids is 2. The largest absolute Gasteiger partial charge is 0.497 e. The van der Waals surface area contributed by atoms with Gasteiger partial charge in [0.15, 0.2) is 5.60 Å². The van der Waals surface area contributed by atoms with Crippen LogP contribution in [-0.4, -0.2) is 85.1 Å². The standard InChI is InChI=1S/C53H59N7O5Si/c1-37-49(66(3,4)43-24-22-42(64-2)23-25-43)48(26-31-57-34-46(55-56-57)44(35-61)39-15-7-5-8-16-39)65-53(37)45-20-11-12-21-47(45)58(51(53)63)33-38-14-13-19-41(32-38)59-36-60(40-17-9-6-10-18-40)52(50(59)62)27-29-54-30-28-52/h5-25,32,34,37,44,48-49,54,61H,26-31,33,35-36H2,1-4H3/t37-,44?,48+,49-,53+/m1/s1. The second-order valence-corrected chi connectivity index (χ2v) is 23.7. The molecule has 5 heterocycles. The van der Waals surface area contributed by atoms with Gasteiger partial charge in [-0.25, -0.2) is 0 Å². The fourth-order valence-corrected chi connectivity index (χ4v) is 15.8. The van der Waals surface area contributed by atoms with Crippen LogP contribution < -0.4 is 29.9 Å². The topological polar surface area (TPSA) is 125 Å². The van der Waals surface area contributed by atoms with Crippen LogP contribution in [0.2, 0.25) is 18.6 Å². The van der Waals surface area contributed by atoms with Crippen molar-refractivity contribution in [2.75, 3.05) is 48.2 Å². The zero-order valence-electron chi connectivity index (χ0n) is 38.2. The summed E-state index contributed by atoms with van der Waals surface area (Å²) in [6.45, 7) is 9.79. The van der Waals surface area contributed by atoms with Crippen molar-refractivity contribution < 1.29 is 24.2 Å². The van der Waals surface area contributed by atoms with E-state index in [0.717, 1.165) is 65.4 Å². The van der Waals surface area contributed by atoms with Crippen LogP contribution in [0, 0.1) is 5.92 Å². The zero-order valence-corrected chi connectivity index (χ0v) is 39.2. The second kappa shape index (κ2) is 17.6.